The van der Waals surface area contributed by atoms with Crippen molar-refractivity contribution in [2.75, 3.05) is 5.75 Å². The smallest absolute Gasteiger partial charge is 0.00622 e. The monoisotopic (exact) mass is 145 g/mol. The zero-order chi connectivity index (χ0) is 6.69. The molecule has 2 unspecified atom stereocenters. The number of thioether (sulfide) groups is 1. The average molecular weight is 145 g/mol. The van der Waals surface area contributed by atoms with Crippen LogP contribution >= 0.6 is 11.8 Å². The third kappa shape index (κ3) is 2.18. The Labute approximate surface area is 61.4 Å². The summed E-state index contributed by atoms with van der Waals surface area (Å²) >= 11 is 2.06. The molecule has 9 heavy (non-hydrogen) atoms. The van der Waals surface area contributed by atoms with Crippen molar-refractivity contribution in [2.24, 2.45) is 5.73 Å². The summed E-state index contributed by atoms with van der Waals surface area (Å²) in [7, 11) is 0. The first kappa shape index (κ1) is 7.42. The molecule has 0 aromatic heterocycles. The summed E-state index contributed by atoms with van der Waals surface area (Å²) in [5, 5.41) is 0.880. The number of nitrogens with two attached hydrogens (primary N) is 1. The minimum Gasteiger partial charge on any atom is -0.328 e. The van der Waals surface area contributed by atoms with Gasteiger partial charge in [-0.05, 0) is 25.0 Å². The van der Waals surface area contributed by atoms with Gasteiger partial charge in [0.2, 0.25) is 0 Å². The molecule has 0 aliphatic heterocycles. The van der Waals surface area contributed by atoms with Gasteiger partial charge in [0.25, 0.3) is 0 Å². The van der Waals surface area contributed by atoms with Crippen LogP contribution in [0.1, 0.15) is 26.2 Å². The lowest BCUT2D eigenvalue weighted by molar-refractivity contribution is 0.706. The molecule has 0 radical (unpaired) electrons. The van der Waals surface area contributed by atoms with E-state index in [1.165, 1.54) is 25.0 Å². The Morgan fingerprint density at radius 1 is 1.56 bits per heavy atom. The standard InChI is InChI=1S/C7H15NS/c1-2-9-7-4-3-6(8)5-7/h6-7H,2-5,8H2,1H3. The Morgan fingerprint density at radius 2 is 2.33 bits per heavy atom. The zero-order valence-corrected chi connectivity index (χ0v) is 6.79. The minimum absolute atomic E-state index is 0.508. The van der Waals surface area contributed by atoms with Crippen LogP contribution in [0.3, 0.4) is 0 Å². The Kier molecular flexibility index (Phi) is 2.86. The highest BCUT2D eigenvalue weighted by atomic mass is 32.2. The van der Waals surface area contributed by atoms with Crippen molar-refractivity contribution >= 4 is 11.8 Å². The molecule has 2 N–H and O–H groups in total. The maximum atomic E-state index is 5.74. The van der Waals surface area contributed by atoms with Gasteiger partial charge in [0.1, 0.15) is 0 Å². The van der Waals surface area contributed by atoms with Gasteiger partial charge in [-0.2, -0.15) is 11.8 Å². The number of hydrogen-bond donors (Lipinski definition) is 1. The first-order valence-corrected chi connectivity index (χ1v) is 4.75. The summed E-state index contributed by atoms with van der Waals surface area (Å²) in [5.41, 5.74) is 5.74. The predicted octanol–water partition coefficient (Wildman–Crippen LogP) is 1.62. The first-order valence-electron chi connectivity index (χ1n) is 3.70. The van der Waals surface area contributed by atoms with E-state index >= 15 is 0 Å². The van der Waals surface area contributed by atoms with Gasteiger partial charge in [-0.1, -0.05) is 6.92 Å². The SMILES string of the molecule is CCSC1CCC(N)C1. The molecule has 0 bridgehead atoms. The Morgan fingerprint density at radius 3 is 2.78 bits per heavy atom. The molecule has 0 heterocycles. The fraction of sp³-hybridized carbons (Fsp3) is 1.00. The molecule has 1 aliphatic rings. The molecular formula is C7H15NS. The second-order valence-corrected chi connectivity index (χ2v) is 4.23. The Bertz CT molecular complexity index is 83.0. The van der Waals surface area contributed by atoms with E-state index in [4.69, 9.17) is 5.73 Å². The number of hydrogen-bond acceptors (Lipinski definition) is 2. The van der Waals surface area contributed by atoms with Crippen LogP contribution in [0.4, 0.5) is 0 Å². The molecule has 1 nitrogen and oxygen atoms in total. The van der Waals surface area contributed by atoms with E-state index in [9.17, 15) is 0 Å². The Hall–Kier alpha value is 0.310. The van der Waals surface area contributed by atoms with Crippen LogP contribution in [0.5, 0.6) is 0 Å². The summed E-state index contributed by atoms with van der Waals surface area (Å²) in [5.74, 6) is 1.25. The first-order chi connectivity index (χ1) is 4.33. The third-order valence-electron chi connectivity index (χ3n) is 1.83. The lowest BCUT2D eigenvalue weighted by Gasteiger charge is -2.05. The van der Waals surface area contributed by atoms with Gasteiger partial charge in [0.15, 0.2) is 0 Å². The van der Waals surface area contributed by atoms with E-state index in [-0.39, 0.29) is 0 Å². The van der Waals surface area contributed by atoms with Crippen LogP contribution in [0, 0.1) is 0 Å². The van der Waals surface area contributed by atoms with Gasteiger partial charge in [0, 0.05) is 11.3 Å². The van der Waals surface area contributed by atoms with Crippen molar-refractivity contribution in [1.82, 2.24) is 0 Å². The molecule has 0 spiro atoms. The largest absolute Gasteiger partial charge is 0.328 e. The molecule has 0 saturated heterocycles. The van der Waals surface area contributed by atoms with Crippen LogP contribution in [0.15, 0.2) is 0 Å². The second kappa shape index (κ2) is 3.47. The molecule has 0 aromatic rings. The van der Waals surface area contributed by atoms with Crippen LogP contribution in [0.25, 0.3) is 0 Å². The van der Waals surface area contributed by atoms with Crippen LogP contribution in [-0.2, 0) is 0 Å². The average Bonchev–Trinajstić information content (AvgIpc) is 2.17. The van der Waals surface area contributed by atoms with Gasteiger partial charge in [-0.3, -0.25) is 0 Å². The predicted molar refractivity (Wildman–Crippen MR) is 43.7 cm³/mol. The van der Waals surface area contributed by atoms with Crippen LogP contribution < -0.4 is 5.73 Å². The summed E-state index contributed by atoms with van der Waals surface area (Å²) in [6.45, 7) is 2.22. The highest BCUT2D eigenvalue weighted by molar-refractivity contribution is 7.99. The third-order valence-corrected chi connectivity index (χ3v) is 3.06. The van der Waals surface area contributed by atoms with Crippen molar-refractivity contribution < 1.29 is 0 Å². The maximum absolute atomic E-state index is 5.74. The summed E-state index contributed by atoms with van der Waals surface area (Å²) in [4.78, 5) is 0. The number of rotatable bonds is 2. The highest BCUT2D eigenvalue weighted by Gasteiger charge is 2.20. The normalized spacial score (nSPS) is 35.3. The summed E-state index contributed by atoms with van der Waals surface area (Å²) < 4.78 is 0. The van der Waals surface area contributed by atoms with Gasteiger partial charge in [-0.15, -0.1) is 0 Å². The van der Waals surface area contributed by atoms with Crippen molar-refractivity contribution in [2.45, 2.75) is 37.5 Å². The molecule has 2 heteroatoms. The molecule has 1 fully saturated rings. The molecule has 1 rings (SSSR count). The van der Waals surface area contributed by atoms with Crippen LogP contribution in [-0.4, -0.2) is 17.0 Å². The topological polar surface area (TPSA) is 26.0 Å². The van der Waals surface area contributed by atoms with E-state index in [1.807, 2.05) is 0 Å². The molecule has 0 aromatic carbocycles. The Balaban J connectivity index is 2.14. The van der Waals surface area contributed by atoms with E-state index in [0.717, 1.165) is 5.25 Å². The van der Waals surface area contributed by atoms with Gasteiger partial charge in [-0.25, -0.2) is 0 Å². The van der Waals surface area contributed by atoms with Crippen molar-refractivity contribution in [3.63, 3.8) is 0 Å². The molecule has 2 atom stereocenters. The van der Waals surface area contributed by atoms with E-state index in [1.54, 1.807) is 0 Å². The molecular weight excluding hydrogens is 130 g/mol. The van der Waals surface area contributed by atoms with Gasteiger partial charge >= 0.3 is 0 Å². The quantitative estimate of drug-likeness (QED) is 0.639. The van der Waals surface area contributed by atoms with Crippen molar-refractivity contribution in [1.29, 1.82) is 0 Å². The van der Waals surface area contributed by atoms with Crippen molar-refractivity contribution in [3.05, 3.63) is 0 Å². The lowest BCUT2D eigenvalue weighted by atomic mass is 10.3. The second-order valence-electron chi connectivity index (χ2n) is 2.65. The highest BCUT2D eigenvalue weighted by Crippen LogP contribution is 2.28. The van der Waals surface area contributed by atoms with E-state index in [0.29, 0.717) is 6.04 Å². The summed E-state index contributed by atoms with van der Waals surface area (Å²) in [6.07, 6.45) is 3.84. The maximum Gasteiger partial charge on any atom is 0.00622 e. The van der Waals surface area contributed by atoms with E-state index < -0.39 is 0 Å². The minimum atomic E-state index is 0.508. The molecule has 54 valence electrons. The summed E-state index contributed by atoms with van der Waals surface area (Å²) in [6, 6.07) is 0.508. The van der Waals surface area contributed by atoms with Crippen molar-refractivity contribution in [3.8, 4) is 0 Å². The lowest BCUT2D eigenvalue weighted by Crippen LogP contribution is -2.15. The van der Waals surface area contributed by atoms with Gasteiger partial charge in [0.05, 0.1) is 0 Å². The fourth-order valence-electron chi connectivity index (χ4n) is 1.36. The van der Waals surface area contributed by atoms with E-state index in [2.05, 4.69) is 18.7 Å². The van der Waals surface area contributed by atoms with Gasteiger partial charge < -0.3 is 5.73 Å². The fourth-order valence-corrected chi connectivity index (χ4v) is 2.52. The molecule has 1 saturated carbocycles. The zero-order valence-electron chi connectivity index (χ0n) is 5.97. The molecule has 0 amide bonds. The molecule has 1 aliphatic carbocycles. The van der Waals surface area contributed by atoms with Crippen LogP contribution in [0.2, 0.25) is 0 Å².